The van der Waals surface area contributed by atoms with Crippen molar-refractivity contribution in [1.29, 1.82) is 0 Å². The number of hydrogen-bond acceptors (Lipinski definition) is 4. The normalized spacial score (nSPS) is 11.0. The zero-order valence-electron chi connectivity index (χ0n) is 12.2. The highest BCUT2D eigenvalue weighted by Crippen LogP contribution is 2.19. The SMILES string of the molecule is CC(=O)Nc1cccc(N(CCNS(C)(=O)=O)C(C)=O)c1. The van der Waals surface area contributed by atoms with Gasteiger partial charge in [-0.3, -0.25) is 9.59 Å². The maximum Gasteiger partial charge on any atom is 0.223 e. The van der Waals surface area contributed by atoms with Crippen molar-refractivity contribution < 1.29 is 18.0 Å². The smallest absolute Gasteiger partial charge is 0.223 e. The zero-order valence-corrected chi connectivity index (χ0v) is 13.0. The molecule has 0 radical (unpaired) electrons. The monoisotopic (exact) mass is 313 g/mol. The lowest BCUT2D eigenvalue weighted by Gasteiger charge is -2.22. The standard InChI is InChI=1S/C13H19N3O4S/c1-10(17)15-12-5-4-6-13(9-12)16(11(2)18)8-7-14-21(3,19)20/h4-6,9,14H,7-8H2,1-3H3,(H,15,17). The van der Waals surface area contributed by atoms with Crippen LogP contribution in [0.1, 0.15) is 13.8 Å². The van der Waals surface area contributed by atoms with Crippen molar-refractivity contribution in [2.24, 2.45) is 0 Å². The molecule has 0 unspecified atom stereocenters. The summed E-state index contributed by atoms with van der Waals surface area (Å²) in [5.41, 5.74) is 1.16. The molecule has 0 heterocycles. The maximum atomic E-state index is 11.7. The first-order chi connectivity index (χ1) is 9.69. The third-order valence-corrected chi connectivity index (χ3v) is 3.29. The third kappa shape index (κ3) is 6.37. The van der Waals surface area contributed by atoms with Gasteiger partial charge in [0.15, 0.2) is 0 Å². The Labute approximate surface area is 124 Å². The molecule has 0 saturated carbocycles. The van der Waals surface area contributed by atoms with E-state index in [4.69, 9.17) is 0 Å². The van der Waals surface area contributed by atoms with Crippen LogP contribution >= 0.6 is 0 Å². The van der Waals surface area contributed by atoms with E-state index in [1.54, 1.807) is 24.3 Å². The molecule has 7 nitrogen and oxygen atoms in total. The van der Waals surface area contributed by atoms with Gasteiger partial charge < -0.3 is 10.2 Å². The lowest BCUT2D eigenvalue weighted by Crippen LogP contribution is -2.37. The topological polar surface area (TPSA) is 95.6 Å². The Hall–Kier alpha value is -1.93. The summed E-state index contributed by atoms with van der Waals surface area (Å²) in [6.45, 7) is 3.10. The van der Waals surface area contributed by atoms with E-state index < -0.39 is 10.0 Å². The van der Waals surface area contributed by atoms with Gasteiger partial charge in [0.25, 0.3) is 0 Å². The van der Waals surface area contributed by atoms with Gasteiger partial charge in [-0.2, -0.15) is 0 Å². The van der Waals surface area contributed by atoms with Gasteiger partial charge in [-0.15, -0.1) is 0 Å². The van der Waals surface area contributed by atoms with Crippen molar-refractivity contribution in [3.8, 4) is 0 Å². The van der Waals surface area contributed by atoms with Crippen LogP contribution in [0.25, 0.3) is 0 Å². The van der Waals surface area contributed by atoms with E-state index in [0.29, 0.717) is 11.4 Å². The number of rotatable bonds is 6. The number of hydrogen-bond donors (Lipinski definition) is 2. The van der Waals surface area contributed by atoms with Gasteiger partial charge in [-0.05, 0) is 18.2 Å². The summed E-state index contributed by atoms with van der Waals surface area (Å²) in [5, 5.41) is 2.63. The number of amides is 2. The first-order valence-electron chi connectivity index (χ1n) is 6.29. The Kier molecular flexibility index (Phi) is 5.86. The Morgan fingerprint density at radius 3 is 2.43 bits per heavy atom. The molecule has 0 saturated heterocycles. The zero-order chi connectivity index (χ0) is 16.0. The van der Waals surface area contributed by atoms with Crippen LogP contribution in [0.2, 0.25) is 0 Å². The van der Waals surface area contributed by atoms with Crippen LogP contribution in [-0.2, 0) is 19.6 Å². The number of nitrogens with zero attached hydrogens (tertiary/aromatic N) is 1. The number of benzene rings is 1. The van der Waals surface area contributed by atoms with Crippen molar-refractivity contribution in [1.82, 2.24) is 4.72 Å². The van der Waals surface area contributed by atoms with Crippen molar-refractivity contribution in [3.05, 3.63) is 24.3 Å². The molecule has 0 fully saturated rings. The third-order valence-electron chi connectivity index (χ3n) is 2.56. The molecule has 0 aromatic heterocycles. The fraction of sp³-hybridized carbons (Fsp3) is 0.385. The Bertz CT molecular complexity index is 628. The number of nitrogens with one attached hydrogen (secondary N) is 2. The van der Waals surface area contributed by atoms with Crippen LogP contribution in [-0.4, -0.2) is 39.6 Å². The quantitative estimate of drug-likeness (QED) is 0.801. The van der Waals surface area contributed by atoms with Crippen molar-refractivity contribution in [2.45, 2.75) is 13.8 Å². The molecule has 0 atom stereocenters. The minimum atomic E-state index is -3.30. The van der Waals surface area contributed by atoms with Gasteiger partial charge >= 0.3 is 0 Å². The molecule has 2 N–H and O–H groups in total. The molecule has 1 rings (SSSR count). The first-order valence-corrected chi connectivity index (χ1v) is 8.18. The molecule has 1 aromatic rings. The maximum absolute atomic E-state index is 11.7. The van der Waals surface area contributed by atoms with E-state index in [1.165, 1.54) is 18.7 Å². The number of sulfonamides is 1. The van der Waals surface area contributed by atoms with E-state index >= 15 is 0 Å². The predicted octanol–water partition coefficient (Wildman–Crippen LogP) is 0.547. The highest BCUT2D eigenvalue weighted by atomic mass is 32.2. The molecule has 2 amide bonds. The fourth-order valence-corrected chi connectivity index (χ4v) is 2.23. The molecule has 0 aliphatic carbocycles. The number of carbonyl (C=O) groups excluding carboxylic acids is 2. The van der Waals surface area contributed by atoms with E-state index in [2.05, 4.69) is 10.0 Å². The van der Waals surface area contributed by atoms with Crippen molar-refractivity contribution >= 4 is 33.2 Å². The van der Waals surface area contributed by atoms with Gasteiger partial charge in [0.2, 0.25) is 21.8 Å². The lowest BCUT2D eigenvalue weighted by molar-refractivity contribution is -0.116. The van der Waals surface area contributed by atoms with Gasteiger partial charge in [-0.25, -0.2) is 13.1 Å². The molecule has 1 aromatic carbocycles. The number of anilines is 2. The minimum absolute atomic E-state index is 0.114. The van der Waals surface area contributed by atoms with E-state index in [0.717, 1.165) is 6.26 Å². The number of carbonyl (C=O) groups is 2. The average Bonchev–Trinajstić information content (AvgIpc) is 2.32. The van der Waals surface area contributed by atoms with Crippen molar-refractivity contribution in [3.63, 3.8) is 0 Å². The second-order valence-corrected chi connectivity index (χ2v) is 6.40. The Balaban J connectivity index is 2.85. The van der Waals surface area contributed by atoms with Gasteiger partial charge in [0.1, 0.15) is 0 Å². The summed E-state index contributed by atoms with van der Waals surface area (Å²) in [6.07, 6.45) is 1.06. The molecular weight excluding hydrogens is 294 g/mol. The molecule has 116 valence electrons. The van der Waals surface area contributed by atoms with Gasteiger partial charge in [0, 0.05) is 38.3 Å². The van der Waals surface area contributed by atoms with Gasteiger partial charge in [-0.1, -0.05) is 6.07 Å². The molecule has 8 heteroatoms. The molecule has 0 aliphatic rings. The average molecular weight is 313 g/mol. The van der Waals surface area contributed by atoms with E-state index in [-0.39, 0.29) is 24.9 Å². The Morgan fingerprint density at radius 1 is 1.24 bits per heavy atom. The lowest BCUT2D eigenvalue weighted by atomic mass is 10.2. The summed E-state index contributed by atoms with van der Waals surface area (Å²) >= 11 is 0. The molecule has 21 heavy (non-hydrogen) atoms. The van der Waals surface area contributed by atoms with Crippen LogP contribution in [0.3, 0.4) is 0 Å². The van der Waals surface area contributed by atoms with Crippen LogP contribution in [0.5, 0.6) is 0 Å². The second kappa shape index (κ2) is 7.19. The van der Waals surface area contributed by atoms with Crippen LogP contribution in [0, 0.1) is 0 Å². The largest absolute Gasteiger partial charge is 0.326 e. The summed E-state index contributed by atoms with van der Waals surface area (Å²) in [5.74, 6) is -0.425. The fourth-order valence-electron chi connectivity index (χ4n) is 1.77. The van der Waals surface area contributed by atoms with Crippen LogP contribution < -0.4 is 14.9 Å². The van der Waals surface area contributed by atoms with Crippen LogP contribution in [0.4, 0.5) is 11.4 Å². The summed E-state index contributed by atoms with van der Waals surface area (Å²) in [6, 6.07) is 6.79. The first kappa shape index (κ1) is 17.1. The summed E-state index contributed by atoms with van der Waals surface area (Å²) < 4.78 is 24.4. The predicted molar refractivity (Wildman–Crippen MR) is 81.6 cm³/mol. The highest BCUT2D eigenvalue weighted by Gasteiger charge is 2.12. The molecular formula is C13H19N3O4S. The molecule has 0 aliphatic heterocycles. The minimum Gasteiger partial charge on any atom is -0.326 e. The second-order valence-electron chi connectivity index (χ2n) is 4.57. The summed E-state index contributed by atoms with van der Waals surface area (Å²) in [7, 11) is -3.30. The van der Waals surface area contributed by atoms with Crippen molar-refractivity contribution in [2.75, 3.05) is 29.6 Å². The van der Waals surface area contributed by atoms with Gasteiger partial charge in [0.05, 0.1) is 6.26 Å². The molecule has 0 bridgehead atoms. The highest BCUT2D eigenvalue weighted by molar-refractivity contribution is 7.88. The Morgan fingerprint density at radius 2 is 1.90 bits per heavy atom. The summed E-state index contributed by atoms with van der Waals surface area (Å²) in [4.78, 5) is 24.2. The van der Waals surface area contributed by atoms with E-state index in [9.17, 15) is 18.0 Å². The van der Waals surface area contributed by atoms with Crippen LogP contribution in [0.15, 0.2) is 24.3 Å². The molecule has 0 spiro atoms. The van der Waals surface area contributed by atoms with E-state index in [1.807, 2.05) is 0 Å².